The average molecular weight is 386 g/mol. The molecule has 4 atom stereocenters. The molecule has 4 unspecified atom stereocenters. The third kappa shape index (κ3) is 3.16. The molecule has 2 saturated heterocycles. The van der Waals surface area contributed by atoms with E-state index >= 15 is 0 Å². The summed E-state index contributed by atoms with van der Waals surface area (Å²) in [5, 5.41) is 0. The Bertz CT molecular complexity index is 820. The quantitative estimate of drug-likeness (QED) is 0.661. The number of hydrogen-bond acceptors (Lipinski definition) is 6. The van der Waals surface area contributed by atoms with Crippen LogP contribution in [0.3, 0.4) is 0 Å². The molecule has 0 aliphatic carbocycles. The average Bonchev–Trinajstić information content (AvgIpc) is 3.63. The van der Waals surface area contributed by atoms with E-state index in [1.165, 1.54) is 0 Å². The van der Waals surface area contributed by atoms with Gasteiger partial charge in [-0.05, 0) is 49.2 Å². The summed E-state index contributed by atoms with van der Waals surface area (Å²) in [6.45, 7) is 4.11. The summed E-state index contributed by atoms with van der Waals surface area (Å²) in [5.74, 6) is 2.59. The SMILES string of the molecule is COc1cc(C2OC2C)cc(-c2cc(C3OC3C)cc(OC)c2OC)c1OC. The van der Waals surface area contributed by atoms with Crippen molar-refractivity contribution in [1.29, 1.82) is 0 Å². The lowest BCUT2D eigenvalue weighted by molar-refractivity contribution is 0.349. The second-order valence-electron chi connectivity index (χ2n) is 7.13. The summed E-state index contributed by atoms with van der Waals surface area (Å²) < 4.78 is 34.0. The molecule has 0 bridgehead atoms. The number of ether oxygens (including phenoxy) is 6. The molecule has 28 heavy (non-hydrogen) atoms. The van der Waals surface area contributed by atoms with E-state index < -0.39 is 0 Å². The molecule has 2 aliphatic heterocycles. The zero-order valence-corrected chi connectivity index (χ0v) is 17.1. The molecule has 2 aliphatic rings. The molecule has 2 aromatic carbocycles. The van der Waals surface area contributed by atoms with E-state index in [2.05, 4.69) is 26.0 Å². The lowest BCUT2D eigenvalue weighted by Crippen LogP contribution is -2.00. The lowest BCUT2D eigenvalue weighted by Gasteiger charge is -2.19. The van der Waals surface area contributed by atoms with Gasteiger partial charge in [0, 0.05) is 11.1 Å². The Balaban J connectivity index is 1.94. The van der Waals surface area contributed by atoms with Crippen LogP contribution in [-0.4, -0.2) is 40.6 Å². The largest absolute Gasteiger partial charge is 0.493 e. The van der Waals surface area contributed by atoms with Crippen LogP contribution < -0.4 is 18.9 Å². The van der Waals surface area contributed by atoms with Crippen molar-refractivity contribution in [1.82, 2.24) is 0 Å². The predicted octanol–water partition coefficient (Wildman–Crippen LogP) is 4.31. The monoisotopic (exact) mass is 386 g/mol. The van der Waals surface area contributed by atoms with E-state index in [1.54, 1.807) is 28.4 Å². The minimum atomic E-state index is 0.0569. The molecule has 0 saturated carbocycles. The van der Waals surface area contributed by atoms with Gasteiger partial charge in [0.25, 0.3) is 0 Å². The van der Waals surface area contributed by atoms with E-state index in [4.69, 9.17) is 28.4 Å². The van der Waals surface area contributed by atoms with Crippen LogP contribution in [0, 0.1) is 0 Å². The van der Waals surface area contributed by atoms with E-state index in [-0.39, 0.29) is 24.4 Å². The van der Waals surface area contributed by atoms with Crippen molar-refractivity contribution in [3.05, 3.63) is 35.4 Å². The third-order valence-corrected chi connectivity index (χ3v) is 5.37. The van der Waals surface area contributed by atoms with Gasteiger partial charge in [0.1, 0.15) is 12.2 Å². The van der Waals surface area contributed by atoms with Gasteiger partial charge in [-0.2, -0.15) is 0 Å². The molecule has 4 rings (SSSR count). The maximum absolute atomic E-state index is 5.72. The van der Waals surface area contributed by atoms with E-state index in [0.29, 0.717) is 23.0 Å². The fraction of sp³-hybridized carbons (Fsp3) is 0.455. The van der Waals surface area contributed by atoms with Gasteiger partial charge in [0.15, 0.2) is 23.0 Å². The lowest BCUT2D eigenvalue weighted by atomic mass is 9.95. The molecule has 0 spiro atoms. The van der Waals surface area contributed by atoms with Crippen molar-refractivity contribution in [2.24, 2.45) is 0 Å². The molecule has 2 fully saturated rings. The molecule has 2 heterocycles. The van der Waals surface area contributed by atoms with Crippen molar-refractivity contribution in [3.63, 3.8) is 0 Å². The second kappa shape index (κ2) is 7.18. The first-order valence-corrected chi connectivity index (χ1v) is 9.35. The first kappa shape index (κ1) is 18.9. The van der Waals surface area contributed by atoms with Gasteiger partial charge in [-0.3, -0.25) is 0 Å². The summed E-state index contributed by atoms with van der Waals surface area (Å²) in [7, 11) is 6.54. The Kier molecular flexibility index (Phi) is 4.85. The highest BCUT2D eigenvalue weighted by molar-refractivity contribution is 5.82. The summed E-state index contributed by atoms with van der Waals surface area (Å²) >= 11 is 0. The normalized spacial score (nSPS) is 25.2. The Morgan fingerprint density at radius 2 is 0.964 bits per heavy atom. The third-order valence-electron chi connectivity index (χ3n) is 5.37. The number of methoxy groups -OCH3 is 4. The van der Waals surface area contributed by atoms with Crippen LogP contribution in [0.25, 0.3) is 11.1 Å². The van der Waals surface area contributed by atoms with Crippen molar-refractivity contribution < 1.29 is 28.4 Å². The van der Waals surface area contributed by atoms with Crippen molar-refractivity contribution >= 4 is 0 Å². The van der Waals surface area contributed by atoms with Crippen LogP contribution in [0.5, 0.6) is 23.0 Å². The Morgan fingerprint density at radius 1 is 0.607 bits per heavy atom. The zero-order chi connectivity index (χ0) is 20.0. The predicted molar refractivity (Wildman–Crippen MR) is 105 cm³/mol. The van der Waals surface area contributed by atoms with E-state index in [1.807, 2.05) is 12.1 Å². The fourth-order valence-corrected chi connectivity index (χ4v) is 3.77. The highest BCUT2D eigenvalue weighted by Crippen LogP contribution is 2.51. The van der Waals surface area contributed by atoms with Gasteiger partial charge in [-0.15, -0.1) is 0 Å². The molecule has 2 aromatic rings. The van der Waals surface area contributed by atoms with Crippen molar-refractivity contribution in [2.75, 3.05) is 28.4 Å². The second-order valence-corrected chi connectivity index (χ2v) is 7.13. The van der Waals surface area contributed by atoms with Crippen LogP contribution in [0.1, 0.15) is 37.2 Å². The molecule has 6 heteroatoms. The van der Waals surface area contributed by atoms with Gasteiger partial charge in [0.05, 0.1) is 40.6 Å². The summed E-state index contributed by atoms with van der Waals surface area (Å²) in [4.78, 5) is 0. The minimum absolute atomic E-state index is 0.0569. The number of hydrogen-bond donors (Lipinski definition) is 0. The molecule has 150 valence electrons. The fourth-order valence-electron chi connectivity index (χ4n) is 3.77. The molecular weight excluding hydrogens is 360 g/mol. The highest BCUT2D eigenvalue weighted by Gasteiger charge is 2.39. The number of benzene rings is 2. The van der Waals surface area contributed by atoms with Crippen molar-refractivity contribution in [2.45, 2.75) is 38.3 Å². The Hall–Kier alpha value is -2.44. The number of rotatable bonds is 7. The minimum Gasteiger partial charge on any atom is -0.493 e. The summed E-state index contributed by atoms with van der Waals surface area (Å²) in [6, 6.07) is 8.09. The molecule has 0 amide bonds. The summed E-state index contributed by atoms with van der Waals surface area (Å²) in [6.07, 6.45) is 0.492. The Labute approximate surface area is 165 Å². The van der Waals surface area contributed by atoms with Crippen LogP contribution >= 0.6 is 0 Å². The van der Waals surface area contributed by atoms with Crippen LogP contribution in [-0.2, 0) is 9.47 Å². The Morgan fingerprint density at radius 3 is 1.21 bits per heavy atom. The zero-order valence-electron chi connectivity index (χ0n) is 17.1. The van der Waals surface area contributed by atoms with Gasteiger partial charge in [-0.25, -0.2) is 0 Å². The van der Waals surface area contributed by atoms with Crippen LogP contribution in [0.4, 0.5) is 0 Å². The molecule has 0 radical (unpaired) electrons. The van der Waals surface area contributed by atoms with Gasteiger partial charge < -0.3 is 28.4 Å². The molecule has 0 aromatic heterocycles. The molecule has 6 nitrogen and oxygen atoms in total. The van der Waals surface area contributed by atoms with E-state index in [9.17, 15) is 0 Å². The topological polar surface area (TPSA) is 62.0 Å². The first-order valence-electron chi connectivity index (χ1n) is 9.35. The maximum atomic E-state index is 5.72. The highest BCUT2D eigenvalue weighted by atomic mass is 16.6. The van der Waals surface area contributed by atoms with Crippen LogP contribution in [0.2, 0.25) is 0 Å². The van der Waals surface area contributed by atoms with Crippen molar-refractivity contribution in [3.8, 4) is 34.1 Å². The smallest absolute Gasteiger partial charge is 0.168 e. The number of epoxide rings is 2. The molecule has 0 N–H and O–H groups in total. The first-order chi connectivity index (χ1) is 13.5. The van der Waals surface area contributed by atoms with Gasteiger partial charge in [-0.1, -0.05) is 0 Å². The maximum Gasteiger partial charge on any atom is 0.168 e. The summed E-state index contributed by atoms with van der Waals surface area (Å²) in [5.41, 5.74) is 3.82. The van der Waals surface area contributed by atoms with Gasteiger partial charge >= 0.3 is 0 Å². The standard InChI is InChI=1S/C22H26O6/c1-11-19(27-11)13-7-15(21(25-5)17(9-13)23-3)16-8-14(20-12(2)28-20)10-18(24-4)22(16)26-6/h7-12,19-20H,1-6H3. The van der Waals surface area contributed by atoms with Crippen LogP contribution in [0.15, 0.2) is 24.3 Å². The van der Waals surface area contributed by atoms with Gasteiger partial charge in [0.2, 0.25) is 0 Å². The molecular formula is C22H26O6. The van der Waals surface area contributed by atoms with E-state index in [0.717, 1.165) is 22.3 Å².